The van der Waals surface area contributed by atoms with Gasteiger partial charge in [-0.05, 0) is 6.42 Å². The van der Waals surface area contributed by atoms with E-state index in [2.05, 4.69) is 6.92 Å². The minimum Gasteiger partial charge on any atom is -0.394 e. The van der Waals surface area contributed by atoms with Crippen LogP contribution >= 0.6 is 0 Å². The Bertz CT molecular complexity index is 916. The van der Waals surface area contributed by atoms with Gasteiger partial charge in [-0.1, -0.05) is 103 Å². The van der Waals surface area contributed by atoms with Crippen LogP contribution in [0.15, 0.2) is 0 Å². The van der Waals surface area contributed by atoms with Gasteiger partial charge < -0.3 is 79.5 Å². The molecule has 0 aliphatic carbocycles. The van der Waals surface area contributed by atoms with Crippen LogP contribution in [0, 0.1) is 0 Å². The number of hydrogen-bond acceptors (Lipinski definition) is 16. The van der Waals surface area contributed by atoms with Crippen molar-refractivity contribution in [1.29, 1.82) is 0 Å². The Kier molecular flexibility index (Phi) is 21.8. The van der Waals surface area contributed by atoms with Gasteiger partial charge in [0.05, 0.1) is 19.8 Å². The summed E-state index contributed by atoms with van der Waals surface area (Å²) in [5.74, 6) is 0. The molecule has 0 amide bonds. The first-order valence-electron chi connectivity index (χ1n) is 19.6. The van der Waals surface area contributed by atoms with Crippen LogP contribution in [0.3, 0.4) is 0 Å². The van der Waals surface area contributed by atoms with Gasteiger partial charge in [-0.25, -0.2) is 0 Å². The van der Waals surface area contributed by atoms with Crippen LogP contribution in [0.2, 0.25) is 0 Å². The van der Waals surface area contributed by atoms with E-state index in [0.717, 1.165) is 25.7 Å². The Hall–Kier alpha value is -0.640. The van der Waals surface area contributed by atoms with Gasteiger partial charge >= 0.3 is 0 Å². The molecule has 0 unspecified atom stereocenters. The highest BCUT2D eigenvalue weighted by Crippen LogP contribution is 2.32. The quantitative estimate of drug-likeness (QED) is 0.0537. The molecule has 0 aromatic rings. The highest BCUT2D eigenvalue weighted by Gasteiger charge is 2.53. The number of rotatable bonds is 25. The smallest absolute Gasteiger partial charge is 0.187 e. The van der Waals surface area contributed by atoms with Crippen molar-refractivity contribution in [2.45, 2.75) is 202 Å². The monoisotopic (exact) mass is 756 g/mol. The third-order valence-corrected chi connectivity index (χ3v) is 10.3. The topological polar surface area (TPSA) is 258 Å². The molecular weight excluding hydrogens is 688 g/mol. The first-order valence-corrected chi connectivity index (χ1v) is 19.6. The maximum Gasteiger partial charge on any atom is 0.187 e. The van der Waals surface area contributed by atoms with Gasteiger partial charge in [0.2, 0.25) is 0 Å². The fraction of sp³-hybridized carbons (Fsp3) is 1.00. The highest BCUT2D eigenvalue weighted by atomic mass is 16.8. The van der Waals surface area contributed by atoms with Crippen LogP contribution in [0.4, 0.5) is 0 Å². The van der Waals surface area contributed by atoms with Crippen LogP contribution < -0.4 is 0 Å². The van der Waals surface area contributed by atoms with Crippen molar-refractivity contribution in [2.24, 2.45) is 0 Å². The Labute approximate surface area is 307 Å². The predicted octanol–water partition coefficient (Wildman–Crippen LogP) is -0.287. The standard InChI is InChI=1S/C36H68O16/c1-2-3-4-5-6-7-8-9-10-11-12-13-14-15-16-17-18-47-21-24-33(27(41)29(43)34(46)48-24)52-36-31(45)28(42)32(23(20-38)50-36)51-35-30(44)26(40)25(39)22(19-37)49-35/h22-46H,2-21H2,1H3/t22-,23-,24-,25-,26+,27-,28-,29-,30-,31-,32-,33-,34+,35-,36-/m1/s1. The fourth-order valence-corrected chi connectivity index (χ4v) is 7.00. The lowest BCUT2D eigenvalue weighted by Gasteiger charge is -2.47. The van der Waals surface area contributed by atoms with Crippen molar-refractivity contribution in [3.63, 3.8) is 0 Å². The summed E-state index contributed by atoms with van der Waals surface area (Å²) in [7, 11) is 0. The molecule has 3 saturated heterocycles. The number of aliphatic hydroxyl groups excluding tert-OH is 10. The lowest BCUT2D eigenvalue weighted by atomic mass is 9.96. The zero-order chi connectivity index (χ0) is 38.0. The minimum absolute atomic E-state index is 0.137. The highest BCUT2D eigenvalue weighted by molar-refractivity contribution is 4.96. The van der Waals surface area contributed by atoms with Crippen LogP contribution in [-0.4, -0.2) is 170 Å². The Balaban J connectivity index is 1.39. The van der Waals surface area contributed by atoms with Crippen LogP contribution in [0.25, 0.3) is 0 Å². The molecule has 52 heavy (non-hydrogen) atoms. The van der Waals surface area contributed by atoms with Gasteiger partial charge in [0.15, 0.2) is 18.9 Å². The molecule has 3 fully saturated rings. The van der Waals surface area contributed by atoms with Crippen molar-refractivity contribution < 1.29 is 79.5 Å². The largest absolute Gasteiger partial charge is 0.394 e. The molecule has 10 N–H and O–H groups in total. The zero-order valence-corrected chi connectivity index (χ0v) is 30.7. The van der Waals surface area contributed by atoms with Crippen LogP contribution in [0.1, 0.15) is 110 Å². The van der Waals surface area contributed by atoms with E-state index in [0.29, 0.717) is 6.61 Å². The molecule has 3 aliphatic rings. The first-order chi connectivity index (χ1) is 25.0. The van der Waals surface area contributed by atoms with Gasteiger partial charge in [-0.15, -0.1) is 0 Å². The molecule has 3 heterocycles. The van der Waals surface area contributed by atoms with E-state index in [1.165, 1.54) is 77.0 Å². The molecule has 0 bridgehead atoms. The maximum absolute atomic E-state index is 10.9. The summed E-state index contributed by atoms with van der Waals surface area (Å²) in [6.45, 7) is 0.969. The molecule has 15 atom stereocenters. The molecule has 16 nitrogen and oxygen atoms in total. The Morgan fingerprint density at radius 2 is 0.846 bits per heavy atom. The summed E-state index contributed by atoms with van der Waals surface area (Å²) < 4.78 is 33.5. The average molecular weight is 757 g/mol. The van der Waals surface area contributed by atoms with Gasteiger partial charge in [-0.2, -0.15) is 0 Å². The van der Waals surface area contributed by atoms with Crippen molar-refractivity contribution in [3.8, 4) is 0 Å². The normalized spacial score (nSPS) is 38.5. The molecule has 3 aliphatic heterocycles. The van der Waals surface area contributed by atoms with Gasteiger partial charge in [0, 0.05) is 6.61 Å². The summed E-state index contributed by atoms with van der Waals surface area (Å²) in [6, 6.07) is 0. The molecule has 0 spiro atoms. The zero-order valence-electron chi connectivity index (χ0n) is 30.7. The van der Waals surface area contributed by atoms with Crippen molar-refractivity contribution in [2.75, 3.05) is 26.4 Å². The van der Waals surface area contributed by atoms with Crippen molar-refractivity contribution >= 4 is 0 Å². The second kappa shape index (κ2) is 24.8. The van der Waals surface area contributed by atoms with Crippen molar-refractivity contribution in [3.05, 3.63) is 0 Å². The van der Waals surface area contributed by atoms with Crippen molar-refractivity contribution in [1.82, 2.24) is 0 Å². The van der Waals surface area contributed by atoms with E-state index in [-0.39, 0.29) is 6.61 Å². The van der Waals surface area contributed by atoms with Gasteiger partial charge in [0.25, 0.3) is 0 Å². The van der Waals surface area contributed by atoms with E-state index >= 15 is 0 Å². The lowest BCUT2D eigenvalue weighted by Crippen LogP contribution is -2.66. The molecule has 0 aromatic heterocycles. The van der Waals surface area contributed by atoms with E-state index in [4.69, 9.17) is 28.4 Å². The molecule has 16 heteroatoms. The maximum atomic E-state index is 10.9. The van der Waals surface area contributed by atoms with E-state index < -0.39 is 105 Å². The van der Waals surface area contributed by atoms with E-state index in [1.54, 1.807) is 0 Å². The lowest BCUT2D eigenvalue weighted by molar-refractivity contribution is -0.378. The number of unbranched alkanes of at least 4 members (excludes halogenated alkanes) is 15. The summed E-state index contributed by atoms with van der Waals surface area (Å²) in [5.41, 5.74) is 0. The Morgan fingerprint density at radius 3 is 1.35 bits per heavy atom. The molecule has 0 saturated carbocycles. The van der Waals surface area contributed by atoms with Gasteiger partial charge in [0.1, 0.15) is 73.2 Å². The third-order valence-electron chi connectivity index (χ3n) is 10.3. The SMILES string of the molecule is CCCCCCCCCCCCCCCCCCOC[C@H]1O[C@H](O)[C@H](O)[C@@H](O)[C@@H]1O[C@H]1O[C@H](CO)[C@@H](O[C@H]2O[C@H](CO)[C@@H](O)[C@H](O)[C@H]2O)[C@H](O)[C@H]1O. The second-order valence-corrected chi connectivity index (χ2v) is 14.5. The fourth-order valence-electron chi connectivity index (χ4n) is 7.00. The molecular formula is C36H68O16. The summed E-state index contributed by atoms with van der Waals surface area (Å²) in [5, 5.41) is 103. The number of ether oxygens (including phenoxy) is 6. The molecule has 308 valence electrons. The second-order valence-electron chi connectivity index (χ2n) is 14.5. The Morgan fingerprint density at radius 1 is 0.423 bits per heavy atom. The summed E-state index contributed by atoms with van der Waals surface area (Å²) in [4.78, 5) is 0. The summed E-state index contributed by atoms with van der Waals surface area (Å²) in [6.07, 6.45) is -4.51. The third kappa shape index (κ3) is 13.8. The number of aliphatic hydroxyl groups is 10. The van der Waals surface area contributed by atoms with E-state index in [1.807, 2.05) is 0 Å². The average Bonchev–Trinajstić information content (AvgIpc) is 3.14. The summed E-state index contributed by atoms with van der Waals surface area (Å²) >= 11 is 0. The first kappa shape index (κ1) is 45.7. The molecule has 0 radical (unpaired) electrons. The minimum atomic E-state index is -1.87. The predicted molar refractivity (Wildman–Crippen MR) is 185 cm³/mol. The number of hydrogen-bond donors (Lipinski definition) is 10. The van der Waals surface area contributed by atoms with E-state index in [9.17, 15) is 51.1 Å². The van der Waals surface area contributed by atoms with Crippen LogP contribution in [0.5, 0.6) is 0 Å². The van der Waals surface area contributed by atoms with Crippen LogP contribution in [-0.2, 0) is 28.4 Å². The molecule has 0 aromatic carbocycles. The molecule has 3 rings (SSSR count). The van der Waals surface area contributed by atoms with Gasteiger partial charge in [-0.3, -0.25) is 0 Å².